The van der Waals surface area contributed by atoms with Crippen LogP contribution < -0.4 is 5.32 Å². The third-order valence-electron chi connectivity index (χ3n) is 3.25. The van der Waals surface area contributed by atoms with Gasteiger partial charge in [0.25, 0.3) is 0 Å². The van der Waals surface area contributed by atoms with Crippen LogP contribution in [0.5, 0.6) is 0 Å². The summed E-state index contributed by atoms with van der Waals surface area (Å²) in [5, 5.41) is 12.3. The standard InChI is InChI=1S/C13H17NO3.ClH/c1-17-8-9-2-4-10(5-3-9)11-6-14-7-12(11)13(15)16;/h2-5,11-12,14H,6-8H2,1H3,(H,15,16);1H. The first-order chi connectivity index (χ1) is 8.22. The lowest BCUT2D eigenvalue weighted by atomic mass is 9.88. The quantitative estimate of drug-likeness (QED) is 0.874. The van der Waals surface area contributed by atoms with E-state index in [0.717, 1.165) is 17.7 Å². The second-order valence-electron chi connectivity index (χ2n) is 4.38. The van der Waals surface area contributed by atoms with Crippen molar-refractivity contribution in [2.75, 3.05) is 20.2 Å². The molecule has 0 spiro atoms. The summed E-state index contributed by atoms with van der Waals surface area (Å²) < 4.78 is 5.05. The average Bonchev–Trinajstić information content (AvgIpc) is 2.79. The molecule has 0 aliphatic carbocycles. The minimum absolute atomic E-state index is 0. The van der Waals surface area contributed by atoms with Crippen LogP contribution in [0.1, 0.15) is 17.0 Å². The smallest absolute Gasteiger partial charge is 0.308 e. The first-order valence-corrected chi connectivity index (χ1v) is 5.73. The summed E-state index contributed by atoms with van der Waals surface area (Å²) in [6.45, 7) is 1.88. The lowest BCUT2D eigenvalue weighted by molar-refractivity contribution is -0.141. The topological polar surface area (TPSA) is 58.6 Å². The van der Waals surface area contributed by atoms with Crippen molar-refractivity contribution in [2.24, 2.45) is 5.92 Å². The van der Waals surface area contributed by atoms with Crippen LogP contribution in [0.25, 0.3) is 0 Å². The number of carboxylic acids is 1. The van der Waals surface area contributed by atoms with E-state index in [1.54, 1.807) is 7.11 Å². The Labute approximate surface area is 113 Å². The molecule has 1 saturated heterocycles. The molecule has 18 heavy (non-hydrogen) atoms. The zero-order valence-electron chi connectivity index (χ0n) is 10.3. The number of methoxy groups -OCH3 is 1. The van der Waals surface area contributed by atoms with Crippen LogP contribution in [0.4, 0.5) is 0 Å². The van der Waals surface area contributed by atoms with Crippen molar-refractivity contribution in [2.45, 2.75) is 12.5 Å². The van der Waals surface area contributed by atoms with Gasteiger partial charge in [0, 0.05) is 26.1 Å². The summed E-state index contributed by atoms with van der Waals surface area (Å²) in [6, 6.07) is 8.00. The Morgan fingerprint density at radius 3 is 2.61 bits per heavy atom. The maximum atomic E-state index is 11.1. The molecule has 2 rings (SSSR count). The number of ether oxygens (including phenoxy) is 1. The summed E-state index contributed by atoms with van der Waals surface area (Å²) in [4.78, 5) is 11.1. The van der Waals surface area contributed by atoms with Crippen molar-refractivity contribution in [3.05, 3.63) is 35.4 Å². The van der Waals surface area contributed by atoms with Gasteiger partial charge in [0.2, 0.25) is 0 Å². The molecule has 0 bridgehead atoms. The van der Waals surface area contributed by atoms with Crippen LogP contribution in [0, 0.1) is 5.92 Å². The van der Waals surface area contributed by atoms with Crippen molar-refractivity contribution >= 4 is 18.4 Å². The van der Waals surface area contributed by atoms with Gasteiger partial charge in [-0.2, -0.15) is 0 Å². The van der Waals surface area contributed by atoms with E-state index in [0.29, 0.717) is 13.2 Å². The number of hydrogen-bond acceptors (Lipinski definition) is 3. The van der Waals surface area contributed by atoms with E-state index in [-0.39, 0.29) is 24.2 Å². The van der Waals surface area contributed by atoms with Gasteiger partial charge in [-0.25, -0.2) is 0 Å². The number of aliphatic carboxylic acids is 1. The number of carboxylic acid groups (broad SMARTS) is 1. The first kappa shape index (κ1) is 15.0. The minimum Gasteiger partial charge on any atom is -0.481 e. The van der Waals surface area contributed by atoms with E-state index in [1.807, 2.05) is 24.3 Å². The zero-order valence-corrected chi connectivity index (χ0v) is 11.1. The molecule has 1 aromatic rings. The van der Waals surface area contributed by atoms with Crippen molar-refractivity contribution in [3.8, 4) is 0 Å². The molecule has 0 saturated carbocycles. The van der Waals surface area contributed by atoms with Crippen LogP contribution in [0.3, 0.4) is 0 Å². The molecular weight excluding hydrogens is 254 g/mol. The molecule has 5 heteroatoms. The van der Waals surface area contributed by atoms with Crippen LogP contribution in [-0.4, -0.2) is 31.3 Å². The molecule has 2 unspecified atom stereocenters. The van der Waals surface area contributed by atoms with E-state index < -0.39 is 5.97 Å². The van der Waals surface area contributed by atoms with Gasteiger partial charge in [-0.05, 0) is 11.1 Å². The van der Waals surface area contributed by atoms with Crippen molar-refractivity contribution in [1.82, 2.24) is 5.32 Å². The van der Waals surface area contributed by atoms with Gasteiger partial charge < -0.3 is 15.2 Å². The third-order valence-corrected chi connectivity index (χ3v) is 3.25. The molecule has 1 fully saturated rings. The summed E-state index contributed by atoms with van der Waals surface area (Å²) >= 11 is 0. The van der Waals surface area contributed by atoms with Gasteiger partial charge in [0.1, 0.15) is 0 Å². The van der Waals surface area contributed by atoms with Crippen molar-refractivity contribution in [1.29, 1.82) is 0 Å². The Balaban J connectivity index is 0.00000162. The van der Waals surface area contributed by atoms with Gasteiger partial charge in [0.15, 0.2) is 0 Å². The highest BCUT2D eigenvalue weighted by Gasteiger charge is 2.33. The normalized spacial score (nSPS) is 22.5. The molecule has 1 heterocycles. The van der Waals surface area contributed by atoms with Gasteiger partial charge in [-0.1, -0.05) is 24.3 Å². The van der Waals surface area contributed by atoms with E-state index in [9.17, 15) is 4.79 Å². The zero-order chi connectivity index (χ0) is 12.3. The Hall–Kier alpha value is -1.10. The fourth-order valence-electron chi connectivity index (χ4n) is 2.32. The van der Waals surface area contributed by atoms with E-state index in [1.165, 1.54) is 0 Å². The SMILES string of the molecule is COCc1ccc(C2CNCC2C(=O)O)cc1.Cl. The van der Waals surface area contributed by atoms with Gasteiger partial charge in [-0.15, -0.1) is 12.4 Å². The van der Waals surface area contributed by atoms with Crippen molar-refractivity contribution < 1.29 is 14.6 Å². The highest BCUT2D eigenvalue weighted by molar-refractivity contribution is 5.85. The fraction of sp³-hybridized carbons (Fsp3) is 0.462. The summed E-state index contributed by atoms with van der Waals surface area (Å²) in [6.07, 6.45) is 0. The van der Waals surface area contributed by atoms with Crippen LogP contribution >= 0.6 is 12.4 Å². The third kappa shape index (κ3) is 3.22. The van der Waals surface area contributed by atoms with Gasteiger partial charge in [-0.3, -0.25) is 4.79 Å². The maximum Gasteiger partial charge on any atom is 0.308 e. The highest BCUT2D eigenvalue weighted by atomic mass is 35.5. The fourth-order valence-corrected chi connectivity index (χ4v) is 2.32. The molecule has 1 aliphatic heterocycles. The Bertz CT molecular complexity index is 394. The number of hydrogen-bond donors (Lipinski definition) is 2. The molecular formula is C13H18ClNO3. The minimum atomic E-state index is -0.721. The van der Waals surface area contributed by atoms with Crippen LogP contribution in [0.15, 0.2) is 24.3 Å². The average molecular weight is 272 g/mol. The Morgan fingerprint density at radius 1 is 1.39 bits per heavy atom. The number of nitrogens with one attached hydrogen (secondary N) is 1. The van der Waals surface area contributed by atoms with Crippen LogP contribution in [-0.2, 0) is 16.1 Å². The lowest BCUT2D eigenvalue weighted by Gasteiger charge is -2.15. The molecule has 0 radical (unpaired) electrons. The highest BCUT2D eigenvalue weighted by Crippen LogP contribution is 2.28. The predicted molar refractivity (Wildman–Crippen MR) is 71.1 cm³/mol. The van der Waals surface area contributed by atoms with Gasteiger partial charge >= 0.3 is 5.97 Å². The Morgan fingerprint density at radius 2 is 2.06 bits per heavy atom. The summed E-state index contributed by atoms with van der Waals surface area (Å²) in [5.41, 5.74) is 2.19. The molecule has 2 atom stereocenters. The summed E-state index contributed by atoms with van der Waals surface area (Å²) in [7, 11) is 1.66. The predicted octanol–water partition coefficient (Wildman–Crippen LogP) is 1.64. The molecule has 2 N–H and O–H groups in total. The van der Waals surface area contributed by atoms with Crippen LogP contribution in [0.2, 0.25) is 0 Å². The molecule has 4 nitrogen and oxygen atoms in total. The van der Waals surface area contributed by atoms with Gasteiger partial charge in [0.05, 0.1) is 12.5 Å². The van der Waals surface area contributed by atoms with E-state index in [4.69, 9.17) is 9.84 Å². The summed E-state index contributed by atoms with van der Waals surface area (Å²) in [5.74, 6) is -0.965. The molecule has 1 aromatic carbocycles. The second kappa shape index (κ2) is 6.73. The number of halogens is 1. The monoisotopic (exact) mass is 271 g/mol. The number of rotatable bonds is 4. The maximum absolute atomic E-state index is 11.1. The first-order valence-electron chi connectivity index (χ1n) is 5.73. The molecule has 0 aromatic heterocycles. The van der Waals surface area contributed by atoms with E-state index in [2.05, 4.69) is 5.32 Å². The second-order valence-corrected chi connectivity index (χ2v) is 4.38. The number of carbonyl (C=O) groups is 1. The number of benzene rings is 1. The largest absolute Gasteiger partial charge is 0.481 e. The molecule has 0 amide bonds. The molecule has 1 aliphatic rings. The van der Waals surface area contributed by atoms with E-state index >= 15 is 0 Å². The van der Waals surface area contributed by atoms with Crippen molar-refractivity contribution in [3.63, 3.8) is 0 Å². The lowest BCUT2D eigenvalue weighted by Crippen LogP contribution is -2.20. The Kier molecular flexibility index (Phi) is 5.59. The molecule has 100 valence electrons.